The van der Waals surface area contributed by atoms with Crippen LogP contribution < -0.4 is 10.0 Å². The van der Waals surface area contributed by atoms with Crippen LogP contribution in [0.15, 0.2) is 59.6 Å². The smallest absolute Gasteiger partial charge is 0.0643 e. The maximum Gasteiger partial charge on any atom is 0.0643 e. The third-order valence-corrected chi connectivity index (χ3v) is 3.91. The molecule has 0 spiro atoms. The average Bonchev–Trinajstić information content (AvgIpc) is 2.66. The molecule has 0 saturated carbocycles. The number of rotatable bonds is 5. The van der Waals surface area contributed by atoms with Crippen LogP contribution in [0.1, 0.15) is 11.1 Å². The highest BCUT2D eigenvalue weighted by atomic mass is 16.5. The first-order valence-electron chi connectivity index (χ1n) is 8.17. The molecule has 5 heteroatoms. The molecular formula is C20H19N2O3-. The quantitative estimate of drug-likeness (QED) is 0.619. The summed E-state index contributed by atoms with van der Waals surface area (Å²) in [6.07, 6.45) is 4.29. The third-order valence-electron chi connectivity index (χ3n) is 3.91. The lowest BCUT2D eigenvalue weighted by atomic mass is 10.2. The standard InChI is InChI=1S/C20H20N2O3/c23-20(24)9-6-16-2-1-3-18(14-16)21-15-17-4-7-19(8-5-17)22-10-12-25-13-11-22/h1-9,14-15H,10-13H2,(H,23,24)/p-1/b9-6+,21-15?. The number of carbonyl (C=O) groups is 1. The molecule has 0 aromatic heterocycles. The van der Waals surface area contributed by atoms with E-state index in [-0.39, 0.29) is 0 Å². The number of carboxylic acid groups (broad SMARTS) is 1. The minimum absolute atomic E-state index is 0.762. The third kappa shape index (κ3) is 5.02. The number of aliphatic imine (C=N–C) groups is 1. The summed E-state index contributed by atoms with van der Waals surface area (Å²) in [6.45, 7) is 3.37. The van der Waals surface area contributed by atoms with Gasteiger partial charge in [-0.05, 0) is 41.5 Å². The van der Waals surface area contributed by atoms with Crippen molar-refractivity contribution < 1.29 is 14.6 Å². The molecule has 1 saturated heterocycles. The Bertz CT molecular complexity index is 776. The van der Waals surface area contributed by atoms with Crippen molar-refractivity contribution in [2.45, 2.75) is 0 Å². The van der Waals surface area contributed by atoms with E-state index in [0.29, 0.717) is 0 Å². The molecule has 1 heterocycles. The Morgan fingerprint density at radius 3 is 2.56 bits per heavy atom. The Morgan fingerprint density at radius 1 is 1.08 bits per heavy atom. The van der Waals surface area contributed by atoms with Crippen LogP contribution in [0, 0.1) is 0 Å². The van der Waals surface area contributed by atoms with Gasteiger partial charge in [0.05, 0.1) is 24.9 Å². The van der Waals surface area contributed by atoms with Crippen LogP contribution in [0.5, 0.6) is 0 Å². The van der Waals surface area contributed by atoms with Crippen molar-refractivity contribution in [2.75, 3.05) is 31.2 Å². The first-order chi connectivity index (χ1) is 12.2. The van der Waals surface area contributed by atoms with Crippen molar-refractivity contribution in [2.24, 2.45) is 4.99 Å². The van der Waals surface area contributed by atoms with Crippen molar-refractivity contribution in [1.29, 1.82) is 0 Å². The van der Waals surface area contributed by atoms with Gasteiger partial charge in [-0.1, -0.05) is 30.3 Å². The summed E-state index contributed by atoms with van der Waals surface area (Å²) >= 11 is 0. The summed E-state index contributed by atoms with van der Waals surface area (Å²) in [5, 5.41) is 10.5. The first-order valence-corrected chi connectivity index (χ1v) is 8.17. The highest BCUT2D eigenvalue weighted by molar-refractivity contribution is 5.84. The lowest BCUT2D eigenvalue weighted by molar-refractivity contribution is -0.297. The fourth-order valence-electron chi connectivity index (χ4n) is 2.61. The number of hydrogen-bond donors (Lipinski definition) is 0. The largest absolute Gasteiger partial charge is 0.545 e. The van der Waals surface area contributed by atoms with Crippen molar-refractivity contribution in [3.8, 4) is 0 Å². The van der Waals surface area contributed by atoms with Crippen LogP contribution >= 0.6 is 0 Å². The summed E-state index contributed by atoms with van der Waals surface area (Å²) in [5.74, 6) is -1.21. The highest BCUT2D eigenvalue weighted by Gasteiger charge is 2.10. The van der Waals surface area contributed by atoms with Gasteiger partial charge >= 0.3 is 0 Å². The van der Waals surface area contributed by atoms with Crippen molar-refractivity contribution in [1.82, 2.24) is 0 Å². The SMILES string of the molecule is O=C([O-])/C=C/c1cccc(N=Cc2ccc(N3CCOCC3)cc2)c1. The lowest BCUT2D eigenvalue weighted by Crippen LogP contribution is -2.36. The molecule has 0 radical (unpaired) electrons. The molecule has 3 rings (SSSR count). The molecule has 0 unspecified atom stereocenters. The Hall–Kier alpha value is -2.92. The summed E-state index contributed by atoms with van der Waals surface area (Å²) < 4.78 is 5.37. The van der Waals surface area contributed by atoms with E-state index in [9.17, 15) is 9.90 Å². The first kappa shape index (κ1) is 16.9. The number of carbonyl (C=O) groups excluding carboxylic acids is 1. The molecule has 0 aliphatic carbocycles. The summed E-state index contributed by atoms with van der Waals surface area (Å²) in [6, 6.07) is 15.6. The van der Waals surface area contributed by atoms with Gasteiger partial charge in [0.2, 0.25) is 0 Å². The van der Waals surface area contributed by atoms with E-state index in [0.717, 1.165) is 49.2 Å². The van der Waals surface area contributed by atoms with Crippen molar-refractivity contribution in [3.63, 3.8) is 0 Å². The number of ether oxygens (including phenoxy) is 1. The molecule has 1 aliphatic heterocycles. The number of carboxylic acids is 1. The zero-order valence-corrected chi connectivity index (χ0v) is 13.8. The van der Waals surface area contributed by atoms with Crippen LogP contribution in [0.25, 0.3) is 6.08 Å². The molecule has 0 N–H and O–H groups in total. The van der Waals surface area contributed by atoms with Gasteiger partial charge in [-0.25, -0.2) is 0 Å². The second-order valence-corrected chi connectivity index (χ2v) is 5.70. The molecule has 128 valence electrons. The summed E-state index contributed by atoms with van der Waals surface area (Å²) in [7, 11) is 0. The molecule has 5 nitrogen and oxygen atoms in total. The van der Waals surface area contributed by atoms with Gasteiger partial charge in [0.25, 0.3) is 0 Å². The summed E-state index contributed by atoms with van der Waals surface area (Å²) in [4.78, 5) is 17.2. The maximum absolute atomic E-state index is 10.5. The molecule has 25 heavy (non-hydrogen) atoms. The lowest BCUT2D eigenvalue weighted by Gasteiger charge is -2.28. The van der Waals surface area contributed by atoms with Crippen molar-refractivity contribution in [3.05, 3.63) is 65.7 Å². The van der Waals surface area contributed by atoms with Gasteiger partial charge in [-0.2, -0.15) is 0 Å². The molecule has 1 aliphatic rings. The second-order valence-electron chi connectivity index (χ2n) is 5.70. The van der Waals surface area contributed by atoms with Gasteiger partial charge in [0, 0.05) is 25.0 Å². The Kier molecular flexibility index (Phi) is 5.59. The molecule has 2 aromatic rings. The zero-order valence-electron chi connectivity index (χ0n) is 13.8. The van der Waals surface area contributed by atoms with E-state index in [1.165, 1.54) is 11.8 Å². The zero-order chi connectivity index (χ0) is 17.5. The predicted octanol–water partition coefficient (Wildman–Crippen LogP) is 2.04. The van der Waals surface area contributed by atoms with Crippen LogP contribution in [0.3, 0.4) is 0 Å². The van der Waals surface area contributed by atoms with Gasteiger partial charge < -0.3 is 19.5 Å². The Balaban J connectivity index is 1.67. The minimum atomic E-state index is -1.21. The number of benzene rings is 2. The van der Waals surface area contributed by atoms with Gasteiger partial charge in [-0.3, -0.25) is 4.99 Å². The van der Waals surface area contributed by atoms with E-state index in [4.69, 9.17) is 4.74 Å². The van der Waals surface area contributed by atoms with Crippen LogP contribution in [-0.2, 0) is 9.53 Å². The van der Waals surface area contributed by atoms with Gasteiger partial charge in [-0.15, -0.1) is 0 Å². The van der Waals surface area contributed by atoms with Crippen LogP contribution in [0.2, 0.25) is 0 Å². The number of morpholine rings is 1. The van der Waals surface area contributed by atoms with E-state index < -0.39 is 5.97 Å². The van der Waals surface area contributed by atoms with Crippen molar-refractivity contribution >= 4 is 29.6 Å². The van der Waals surface area contributed by atoms with E-state index in [1.807, 2.05) is 36.4 Å². The Labute approximate surface area is 146 Å². The van der Waals surface area contributed by atoms with Gasteiger partial charge in [0.15, 0.2) is 0 Å². The number of hydrogen-bond acceptors (Lipinski definition) is 5. The monoisotopic (exact) mass is 335 g/mol. The molecule has 1 fully saturated rings. The predicted molar refractivity (Wildman–Crippen MR) is 97.2 cm³/mol. The minimum Gasteiger partial charge on any atom is -0.545 e. The average molecular weight is 335 g/mol. The second kappa shape index (κ2) is 8.26. The molecule has 0 amide bonds. The van der Waals surface area contributed by atoms with E-state index >= 15 is 0 Å². The molecule has 0 atom stereocenters. The topological polar surface area (TPSA) is 65.0 Å². The van der Waals surface area contributed by atoms with Crippen LogP contribution in [-0.4, -0.2) is 38.5 Å². The Morgan fingerprint density at radius 2 is 1.84 bits per heavy atom. The van der Waals surface area contributed by atoms with E-state index in [1.54, 1.807) is 6.21 Å². The number of nitrogens with zero attached hydrogens (tertiary/aromatic N) is 2. The molecule has 0 bridgehead atoms. The number of aliphatic carboxylic acids is 1. The fraction of sp³-hybridized carbons (Fsp3) is 0.200. The number of anilines is 1. The van der Waals surface area contributed by atoms with Gasteiger partial charge in [0.1, 0.15) is 0 Å². The fourth-order valence-corrected chi connectivity index (χ4v) is 2.61. The molecule has 2 aromatic carbocycles. The highest BCUT2D eigenvalue weighted by Crippen LogP contribution is 2.18. The van der Waals surface area contributed by atoms with Crippen LogP contribution in [0.4, 0.5) is 11.4 Å². The molecular weight excluding hydrogens is 316 g/mol. The normalized spacial score (nSPS) is 15.1. The maximum atomic E-state index is 10.5. The van der Waals surface area contributed by atoms with E-state index in [2.05, 4.69) is 22.0 Å². The summed E-state index contributed by atoms with van der Waals surface area (Å²) in [5.41, 5.74) is 3.72.